The number of methoxy groups -OCH3 is 1. The fraction of sp³-hybridized carbons (Fsp3) is 0.240. The van der Waals surface area contributed by atoms with Crippen molar-refractivity contribution in [3.8, 4) is 11.4 Å². The van der Waals surface area contributed by atoms with Crippen LogP contribution in [0.4, 0.5) is 13.2 Å². The highest BCUT2D eigenvalue weighted by Gasteiger charge is 2.34. The van der Waals surface area contributed by atoms with Crippen molar-refractivity contribution in [2.75, 3.05) is 7.11 Å². The van der Waals surface area contributed by atoms with Gasteiger partial charge in [-0.15, -0.1) is 0 Å². The van der Waals surface area contributed by atoms with Crippen LogP contribution < -0.4 is 4.74 Å². The van der Waals surface area contributed by atoms with Crippen LogP contribution in [0.1, 0.15) is 40.8 Å². The Labute approximate surface area is 199 Å². The molecule has 10 heteroatoms. The molecular weight excluding hydrogens is 459 g/mol. The Morgan fingerprint density at radius 2 is 1.89 bits per heavy atom. The third-order valence-corrected chi connectivity index (χ3v) is 6.00. The summed E-state index contributed by atoms with van der Waals surface area (Å²) in [4.78, 5) is 8.73. The number of aliphatic hydroxyl groups is 1. The SMILES string of the molecule is COc1cc(/C=C/c2nc3n(n2)CC[C@@H](O)C3c2cc(F)c(F)c(F)c2)ccc1-n1cnc(C)c1. The number of benzene rings is 2. The summed E-state index contributed by atoms with van der Waals surface area (Å²) in [6.45, 7) is 2.30. The van der Waals surface area contributed by atoms with Crippen LogP contribution in [0.3, 0.4) is 0 Å². The van der Waals surface area contributed by atoms with E-state index in [2.05, 4.69) is 15.1 Å². The summed E-state index contributed by atoms with van der Waals surface area (Å²) in [6.07, 6.45) is 6.52. The summed E-state index contributed by atoms with van der Waals surface area (Å²) in [6, 6.07) is 7.48. The Morgan fingerprint density at radius 1 is 1.11 bits per heavy atom. The van der Waals surface area contributed by atoms with E-state index in [0.29, 0.717) is 30.4 Å². The Hall–Kier alpha value is -3.92. The van der Waals surface area contributed by atoms with E-state index < -0.39 is 29.5 Å². The first-order valence-corrected chi connectivity index (χ1v) is 11.0. The second-order valence-electron chi connectivity index (χ2n) is 8.37. The average molecular weight is 481 g/mol. The van der Waals surface area contributed by atoms with E-state index in [-0.39, 0.29) is 5.56 Å². The molecule has 0 saturated carbocycles. The largest absolute Gasteiger partial charge is 0.495 e. The van der Waals surface area contributed by atoms with E-state index in [1.807, 2.05) is 42.0 Å². The van der Waals surface area contributed by atoms with Gasteiger partial charge in [0, 0.05) is 12.7 Å². The fourth-order valence-corrected chi connectivity index (χ4v) is 4.29. The smallest absolute Gasteiger partial charge is 0.194 e. The lowest BCUT2D eigenvalue weighted by atomic mass is 9.88. The minimum Gasteiger partial charge on any atom is -0.495 e. The molecule has 0 aliphatic carbocycles. The topological polar surface area (TPSA) is 78.0 Å². The zero-order chi connectivity index (χ0) is 24.7. The van der Waals surface area contributed by atoms with Gasteiger partial charge in [0.2, 0.25) is 0 Å². The minimum absolute atomic E-state index is 0.104. The third kappa shape index (κ3) is 4.32. The first-order valence-electron chi connectivity index (χ1n) is 11.0. The molecule has 35 heavy (non-hydrogen) atoms. The number of rotatable bonds is 5. The molecule has 0 fully saturated rings. The highest BCUT2D eigenvalue weighted by molar-refractivity contribution is 5.69. The summed E-state index contributed by atoms with van der Waals surface area (Å²) in [7, 11) is 1.59. The van der Waals surface area contributed by atoms with Crippen molar-refractivity contribution < 1.29 is 23.0 Å². The summed E-state index contributed by atoms with van der Waals surface area (Å²) in [5.74, 6) is -3.62. The summed E-state index contributed by atoms with van der Waals surface area (Å²) in [5.41, 5.74) is 2.68. The molecule has 0 radical (unpaired) electrons. The van der Waals surface area contributed by atoms with Crippen LogP contribution >= 0.6 is 0 Å². The fourth-order valence-electron chi connectivity index (χ4n) is 4.29. The van der Waals surface area contributed by atoms with Crippen molar-refractivity contribution in [1.29, 1.82) is 0 Å². The van der Waals surface area contributed by atoms with Gasteiger partial charge in [0.05, 0.1) is 36.8 Å². The molecule has 0 spiro atoms. The lowest BCUT2D eigenvalue weighted by Crippen LogP contribution is -2.30. The number of aryl methyl sites for hydroxylation is 2. The van der Waals surface area contributed by atoms with Crippen LogP contribution in [0.2, 0.25) is 0 Å². The van der Waals surface area contributed by atoms with Gasteiger partial charge in [-0.3, -0.25) is 0 Å². The molecule has 7 nitrogen and oxygen atoms in total. The number of imidazole rings is 1. The summed E-state index contributed by atoms with van der Waals surface area (Å²) in [5, 5.41) is 15.0. The third-order valence-electron chi connectivity index (χ3n) is 6.00. The van der Waals surface area contributed by atoms with Crippen LogP contribution in [-0.4, -0.2) is 42.6 Å². The molecular formula is C25H22F3N5O2. The molecule has 1 unspecified atom stereocenters. The predicted octanol–water partition coefficient (Wildman–Crippen LogP) is 4.27. The number of halogens is 3. The quantitative estimate of drug-likeness (QED) is 0.431. The normalized spacial score (nSPS) is 17.7. The summed E-state index contributed by atoms with van der Waals surface area (Å²) >= 11 is 0. The van der Waals surface area contributed by atoms with Gasteiger partial charge in [-0.05, 0) is 54.8 Å². The second kappa shape index (κ2) is 9.03. The molecule has 0 amide bonds. The number of fused-ring (bicyclic) bond motifs is 1. The maximum Gasteiger partial charge on any atom is 0.194 e. The molecule has 2 aromatic heterocycles. The van der Waals surface area contributed by atoms with Crippen molar-refractivity contribution in [1.82, 2.24) is 24.3 Å². The number of aromatic nitrogens is 5. The van der Waals surface area contributed by atoms with E-state index in [1.165, 1.54) is 0 Å². The number of hydrogen-bond acceptors (Lipinski definition) is 5. The molecule has 2 aromatic carbocycles. The molecule has 1 N–H and O–H groups in total. The second-order valence-corrected chi connectivity index (χ2v) is 8.37. The van der Waals surface area contributed by atoms with E-state index >= 15 is 0 Å². The Bertz CT molecular complexity index is 1410. The Balaban J connectivity index is 1.44. The van der Waals surface area contributed by atoms with Crippen LogP contribution in [-0.2, 0) is 6.54 Å². The molecule has 0 bridgehead atoms. The maximum absolute atomic E-state index is 13.8. The van der Waals surface area contributed by atoms with Gasteiger partial charge in [0.1, 0.15) is 11.6 Å². The van der Waals surface area contributed by atoms with E-state index in [0.717, 1.165) is 29.1 Å². The molecule has 180 valence electrons. The minimum atomic E-state index is -1.55. The van der Waals surface area contributed by atoms with Crippen molar-refractivity contribution in [3.05, 3.63) is 88.8 Å². The molecule has 2 atom stereocenters. The van der Waals surface area contributed by atoms with Gasteiger partial charge in [0.15, 0.2) is 23.3 Å². The first-order chi connectivity index (χ1) is 16.8. The standard InChI is InChI=1S/C25H22F3N5O2/c1-14-12-32(13-29-14)19-5-3-15(9-21(19)35-2)4-6-22-30-25-23(20(34)7-8-33(25)31-22)16-10-17(26)24(28)18(27)11-16/h3-6,9-13,20,23,34H,7-8H2,1-2H3/b6-4+/t20-,23?/m1/s1. The van der Waals surface area contributed by atoms with Gasteiger partial charge >= 0.3 is 0 Å². The van der Waals surface area contributed by atoms with Crippen LogP contribution in [0.25, 0.3) is 17.8 Å². The van der Waals surface area contributed by atoms with Crippen molar-refractivity contribution in [3.63, 3.8) is 0 Å². The highest BCUT2D eigenvalue weighted by Crippen LogP contribution is 2.34. The monoisotopic (exact) mass is 481 g/mol. The van der Waals surface area contributed by atoms with Gasteiger partial charge < -0.3 is 14.4 Å². The number of aliphatic hydroxyl groups excluding tert-OH is 1. The number of nitrogens with zero attached hydrogens (tertiary/aromatic N) is 5. The average Bonchev–Trinajstić information content (AvgIpc) is 3.46. The molecule has 0 saturated heterocycles. The van der Waals surface area contributed by atoms with Crippen molar-refractivity contribution in [2.24, 2.45) is 0 Å². The number of ether oxygens (including phenoxy) is 1. The molecule has 3 heterocycles. The van der Waals surface area contributed by atoms with Gasteiger partial charge in [-0.25, -0.2) is 27.8 Å². The van der Waals surface area contributed by atoms with Crippen molar-refractivity contribution in [2.45, 2.75) is 31.9 Å². The predicted molar refractivity (Wildman–Crippen MR) is 123 cm³/mol. The highest BCUT2D eigenvalue weighted by atomic mass is 19.2. The molecule has 1 aliphatic heterocycles. The van der Waals surface area contributed by atoms with E-state index in [9.17, 15) is 18.3 Å². The maximum atomic E-state index is 13.8. The Kier molecular flexibility index (Phi) is 5.89. The summed E-state index contributed by atoms with van der Waals surface area (Å²) < 4.78 is 50.1. The van der Waals surface area contributed by atoms with Gasteiger partial charge in [-0.2, -0.15) is 5.10 Å². The number of hydrogen-bond donors (Lipinski definition) is 1. The van der Waals surface area contributed by atoms with Crippen LogP contribution in [0.15, 0.2) is 42.9 Å². The van der Waals surface area contributed by atoms with Crippen LogP contribution in [0.5, 0.6) is 5.75 Å². The zero-order valence-corrected chi connectivity index (χ0v) is 19.0. The van der Waals surface area contributed by atoms with Crippen LogP contribution in [0, 0.1) is 24.4 Å². The van der Waals surface area contributed by atoms with Gasteiger partial charge in [0.25, 0.3) is 0 Å². The van der Waals surface area contributed by atoms with Gasteiger partial charge in [-0.1, -0.05) is 12.1 Å². The first kappa shape index (κ1) is 22.9. The lowest BCUT2D eigenvalue weighted by molar-refractivity contribution is 0.118. The van der Waals surface area contributed by atoms with Crippen molar-refractivity contribution >= 4 is 12.2 Å². The Morgan fingerprint density at radius 3 is 2.57 bits per heavy atom. The van der Waals surface area contributed by atoms with E-state index in [1.54, 1.807) is 24.2 Å². The zero-order valence-electron chi connectivity index (χ0n) is 19.0. The molecule has 5 rings (SSSR count). The van der Waals surface area contributed by atoms with E-state index in [4.69, 9.17) is 4.74 Å². The molecule has 1 aliphatic rings. The molecule has 4 aromatic rings. The lowest BCUT2D eigenvalue weighted by Gasteiger charge is -2.27.